The molecule has 0 saturated carbocycles. The van der Waals surface area contributed by atoms with Crippen molar-refractivity contribution in [3.63, 3.8) is 0 Å². The van der Waals surface area contributed by atoms with Gasteiger partial charge < -0.3 is 40.0 Å². The summed E-state index contributed by atoms with van der Waals surface area (Å²) in [5, 5.41) is 6.97. The molecule has 5 aliphatic heterocycles. The maximum absolute atomic E-state index is 14.4. The average Bonchev–Trinajstić information content (AvgIpc) is 3.75. The fourth-order valence-corrected chi connectivity index (χ4v) is 10.8. The van der Waals surface area contributed by atoms with Crippen LogP contribution in [0.5, 0.6) is 0 Å². The van der Waals surface area contributed by atoms with Crippen LogP contribution in [0.4, 0.5) is 0 Å². The van der Waals surface area contributed by atoms with Crippen LogP contribution in [0, 0.1) is 35.5 Å². The molecule has 2 unspecified atom stereocenters. The molecule has 0 aromatic rings. The lowest BCUT2D eigenvalue weighted by atomic mass is 9.87. The monoisotopic (exact) mass is 841 g/mol. The quantitative estimate of drug-likeness (QED) is 0.163. The Kier molecular flexibility index (Phi) is 19.5. The fourth-order valence-electron chi connectivity index (χ4n) is 10.8. The van der Waals surface area contributed by atoms with Gasteiger partial charge in [0.05, 0.1) is 12.1 Å². The molecule has 0 aromatic carbocycles. The number of carbonyl (C=O) groups excluding carboxylic acids is 4. The number of rotatable bonds is 21. The van der Waals surface area contributed by atoms with Crippen LogP contribution < -0.4 is 10.6 Å². The Morgan fingerprint density at radius 3 is 1.60 bits per heavy atom. The van der Waals surface area contributed by atoms with E-state index >= 15 is 0 Å². The Morgan fingerprint density at radius 2 is 1.10 bits per heavy atom. The summed E-state index contributed by atoms with van der Waals surface area (Å²) < 4.78 is 0. The van der Waals surface area contributed by atoms with Crippen LogP contribution in [0.1, 0.15) is 131 Å². The number of hydrogen-bond donors (Lipinski definition) is 2. The minimum Gasteiger partial charge on any atom is -0.341 e. The molecule has 60 heavy (non-hydrogen) atoms. The zero-order chi connectivity index (χ0) is 43.3. The van der Waals surface area contributed by atoms with Crippen LogP contribution in [0.25, 0.3) is 0 Å². The van der Waals surface area contributed by atoms with Gasteiger partial charge in [-0.05, 0) is 153 Å². The van der Waals surface area contributed by atoms with Gasteiger partial charge in [0.25, 0.3) is 0 Å². The normalized spacial score (nSPS) is 25.2. The molecule has 0 aromatic heterocycles. The van der Waals surface area contributed by atoms with E-state index < -0.39 is 12.1 Å². The van der Waals surface area contributed by atoms with E-state index in [1.54, 1.807) is 0 Å². The van der Waals surface area contributed by atoms with Crippen molar-refractivity contribution in [2.45, 2.75) is 156 Å². The van der Waals surface area contributed by atoms with Gasteiger partial charge in [0.15, 0.2) is 0 Å². The second-order valence-electron chi connectivity index (χ2n) is 21.1. The van der Waals surface area contributed by atoms with Gasteiger partial charge >= 0.3 is 0 Å². The zero-order valence-corrected chi connectivity index (χ0v) is 39.5. The number of piperazine rings is 2. The van der Waals surface area contributed by atoms with E-state index in [4.69, 9.17) is 0 Å². The standard InChI is InChI=1S/C48H88N8O4/c1-35(2)31-41-45(57)56(30-19-49-41)44(48(60)54-25-15-39(16-26-54)13-23-51(7)8)34-38(6)12-11-37(5)33-42-46(58)55(29-20-50-42)43(32-36(3)4)47(59)53-27-17-40(18-28-53)14-24-52-21-9-10-22-52/h35-44,49-50H,9-34H2,1-8H3/t37?,38?,41-,42-,43-,44-/m0/s1. The van der Waals surface area contributed by atoms with Crippen molar-refractivity contribution in [3.05, 3.63) is 0 Å². The highest BCUT2D eigenvalue weighted by atomic mass is 16.2. The summed E-state index contributed by atoms with van der Waals surface area (Å²) in [5.74, 6) is 2.99. The molecule has 4 amide bonds. The molecule has 5 aliphatic rings. The van der Waals surface area contributed by atoms with E-state index in [0.717, 1.165) is 90.5 Å². The Morgan fingerprint density at radius 1 is 0.617 bits per heavy atom. The number of amides is 4. The van der Waals surface area contributed by atoms with Crippen LogP contribution >= 0.6 is 0 Å². The molecule has 0 spiro atoms. The summed E-state index contributed by atoms with van der Waals surface area (Å²) in [6.45, 7) is 23.6. The number of piperidine rings is 2. The molecule has 5 saturated heterocycles. The first-order valence-corrected chi connectivity index (χ1v) is 24.7. The van der Waals surface area contributed by atoms with Crippen molar-refractivity contribution in [1.82, 2.24) is 40.0 Å². The predicted octanol–water partition coefficient (Wildman–Crippen LogP) is 5.16. The number of carbonyl (C=O) groups is 4. The van der Waals surface area contributed by atoms with Gasteiger partial charge in [-0.1, -0.05) is 54.4 Å². The van der Waals surface area contributed by atoms with Crippen molar-refractivity contribution >= 4 is 23.6 Å². The topological polar surface area (TPSA) is 112 Å². The molecule has 6 atom stereocenters. The minimum absolute atomic E-state index is 0.0740. The Bertz CT molecular complexity index is 1340. The highest BCUT2D eigenvalue weighted by Gasteiger charge is 2.41. The summed E-state index contributed by atoms with van der Waals surface area (Å²) in [4.78, 5) is 69.6. The second-order valence-corrected chi connectivity index (χ2v) is 21.1. The smallest absolute Gasteiger partial charge is 0.245 e. The predicted molar refractivity (Wildman–Crippen MR) is 242 cm³/mol. The highest BCUT2D eigenvalue weighted by molar-refractivity contribution is 5.91. The van der Waals surface area contributed by atoms with E-state index in [-0.39, 0.29) is 41.6 Å². The third kappa shape index (κ3) is 14.4. The van der Waals surface area contributed by atoms with Gasteiger partial charge in [-0.2, -0.15) is 0 Å². The lowest BCUT2D eigenvalue weighted by molar-refractivity contribution is -0.150. The summed E-state index contributed by atoms with van der Waals surface area (Å²) in [7, 11) is 4.24. The van der Waals surface area contributed by atoms with Gasteiger partial charge in [-0.3, -0.25) is 19.2 Å². The van der Waals surface area contributed by atoms with Crippen LogP contribution in [-0.4, -0.2) is 170 Å². The SMILES string of the molecule is CC(C)C[C@@H]1NCCN([C@@H](CC(C)CCC(C)C[C@@H]2NCCN([C@@H](CC(C)C)C(=O)N3CCC(CCN4CCCC4)CC3)C2=O)C(=O)N2CCC(CCN(C)C)CC2)C1=O. The van der Waals surface area contributed by atoms with E-state index in [0.29, 0.717) is 68.6 Å². The molecule has 5 fully saturated rings. The third-order valence-corrected chi connectivity index (χ3v) is 14.7. The fraction of sp³-hybridized carbons (Fsp3) is 0.917. The molecule has 12 nitrogen and oxygen atoms in total. The molecule has 5 rings (SSSR count). The maximum Gasteiger partial charge on any atom is 0.245 e. The largest absolute Gasteiger partial charge is 0.341 e. The van der Waals surface area contributed by atoms with Gasteiger partial charge in [0.1, 0.15) is 12.1 Å². The maximum atomic E-state index is 14.4. The lowest BCUT2D eigenvalue weighted by Gasteiger charge is -2.42. The molecule has 0 aliphatic carbocycles. The lowest BCUT2D eigenvalue weighted by Crippen LogP contribution is -2.62. The number of likely N-dealkylation sites (tertiary alicyclic amines) is 3. The average molecular weight is 841 g/mol. The number of nitrogens with zero attached hydrogens (tertiary/aromatic N) is 6. The summed E-state index contributed by atoms with van der Waals surface area (Å²) in [6.07, 6.45) is 14.0. The first kappa shape index (κ1) is 48.7. The Balaban J connectivity index is 1.14. The first-order chi connectivity index (χ1) is 28.7. The highest BCUT2D eigenvalue weighted by Crippen LogP contribution is 2.29. The van der Waals surface area contributed by atoms with Crippen molar-refractivity contribution in [1.29, 1.82) is 0 Å². The van der Waals surface area contributed by atoms with E-state index in [2.05, 4.69) is 85.9 Å². The molecule has 5 heterocycles. The zero-order valence-electron chi connectivity index (χ0n) is 39.5. The van der Waals surface area contributed by atoms with Crippen molar-refractivity contribution in [2.24, 2.45) is 35.5 Å². The van der Waals surface area contributed by atoms with Gasteiger partial charge in [0.2, 0.25) is 23.6 Å². The van der Waals surface area contributed by atoms with Crippen LogP contribution in [0.15, 0.2) is 0 Å². The van der Waals surface area contributed by atoms with Gasteiger partial charge in [0, 0.05) is 52.4 Å². The molecule has 12 heteroatoms. The number of hydrogen-bond acceptors (Lipinski definition) is 8. The van der Waals surface area contributed by atoms with E-state index in [9.17, 15) is 19.2 Å². The van der Waals surface area contributed by atoms with Crippen LogP contribution in [0.2, 0.25) is 0 Å². The molecule has 2 N–H and O–H groups in total. The van der Waals surface area contributed by atoms with E-state index in [1.165, 1.54) is 38.9 Å². The number of nitrogens with one attached hydrogen (secondary N) is 2. The van der Waals surface area contributed by atoms with E-state index in [1.807, 2.05) is 9.80 Å². The summed E-state index contributed by atoms with van der Waals surface area (Å²) in [6, 6.07) is -1.37. The Hall–Kier alpha value is -2.28. The third-order valence-electron chi connectivity index (χ3n) is 14.7. The molecular formula is C48H88N8O4. The first-order valence-electron chi connectivity index (χ1n) is 24.7. The summed E-state index contributed by atoms with van der Waals surface area (Å²) in [5.41, 5.74) is 0. The molecule has 344 valence electrons. The van der Waals surface area contributed by atoms with Gasteiger partial charge in [-0.15, -0.1) is 0 Å². The summed E-state index contributed by atoms with van der Waals surface area (Å²) >= 11 is 0. The molecule has 0 radical (unpaired) electrons. The van der Waals surface area contributed by atoms with Crippen LogP contribution in [-0.2, 0) is 19.2 Å². The minimum atomic E-state index is -0.441. The van der Waals surface area contributed by atoms with Crippen molar-refractivity contribution in [2.75, 3.05) is 92.6 Å². The van der Waals surface area contributed by atoms with Crippen LogP contribution in [0.3, 0.4) is 0 Å². The second kappa shape index (κ2) is 24.0. The van der Waals surface area contributed by atoms with Gasteiger partial charge in [-0.25, -0.2) is 0 Å². The Labute approximate surface area is 365 Å². The molecule has 0 bridgehead atoms. The van der Waals surface area contributed by atoms with Crippen molar-refractivity contribution in [3.8, 4) is 0 Å². The van der Waals surface area contributed by atoms with Crippen molar-refractivity contribution < 1.29 is 19.2 Å². The molecular weight excluding hydrogens is 753 g/mol.